The highest BCUT2D eigenvalue weighted by Crippen LogP contribution is 2.35. The molecule has 5 rings (SSSR count). The number of anilines is 1. The third kappa shape index (κ3) is 5.81. The number of rotatable bonds is 7. The fourth-order valence-corrected chi connectivity index (χ4v) is 4.38. The normalized spacial score (nSPS) is 14.6. The molecule has 37 heavy (non-hydrogen) atoms. The van der Waals surface area contributed by atoms with E-state index in [4.69, 9.17) is 14.5 Å². The highest BCUT2D eigenvalue weighted by atomic mass is 16.5. The van der Waals surface area contributed by atoms with Crippen LogP contribution in [0.25, 0.3) is 22.4 Å². The molecule has 2 aromatic carbocycles. The van der Waals surface area contributed by atoms with Gasteiger partial charge in [-0.05, 0) is 47.4 Å². The van der Waals surface area contributed by atoms with Gasteiger partial charge in [0.05, 0.1) is 29.9 Å². The number of hydrogen-bond acceptors (Lipinski definition) is 6. The van der Waals surface area contributed by atoms with Crippen molar-refractivity contribution < 1.29 is 14.3 Å². The topological polar surface area (TPSA) is 92.4 Å². The molecule has 0 aliphatic carbocycles. The van der Waals surface area contributed by atoms with Crippen molar-refractivity contribution in [3.05, 3.63) is 71.9 Å². The SMILES string of the molecule is CC(C)(C)c1ccc(OCCN2CCOCC2)c(-c2nc3c(C(=O)Nc4ccccn4)cccc3[nH]2)c1. The monoisotopic (exact) mass is 499 g/mol. The number of amides is 1. The molecule has 1 aliphatic rings. The van der Waals surface area contributed by atoms with Gasteiger partial charge in [-0.1, -0.05) is 39.0 Å². The number of H-pyrrole nitrogens is 1. The Kier molecular flexibility index (Phi) is 7.21. The van der Waals surface area contributed by atoms with Crippen molar-refractivity contribution in [1.29, 1.82) is 0 Å². The molecule has 192 valence electrons. The van der Waals surface area contributed by atoms with E-state index in [2.05, 4.69) is 53.1 Å². The minimum Gasteiger partial charge on any atom is -0.491 e. The predicted octanol–water partition coefficient (Wildman–Crippen LogP) is 4.89. The van der Waals surface area contributed by atoms with Gasteiger partial charge < -0.3 is 19.8 Å². The van der Waals surface area contributed by atoms with Gasteiger partial charge in [-0.2, -0.15) is 0 Å². The van der Waals surface area contributed by atoms with E-state index in [0.29, 0.717) is 29.3 Å². The van der Waals surface area contributed by atoms with Crippen LogP contribution in [0.1, 0.15) is 36.7 Å². The molecule has 1 amide bonds. The number of benzene rings is 2. The third-order valence-electron chi connectivity index (χ3n) is 6.53. The molecule has 8 nitrogen and oxygen atoms in total. The molecular formula is C29H33N5O3. The lowest BCUT2D eigenvalue weighted by atomic mass is 9.86. The number of morpholine rings is 1. The van der Waals surface area contributed by atoms with Crippen molar-refractivity contribution in [2.45, 2.75) is 26.2 Å². The Hall–Kier alpha value is -3.75. The van der Waals surface area contributed by atoms with Crippen LogP contribution in [0.4, 0.5) is 5.82 Å². The van der Waals surface area contributed by atoms with Crippen LogP contribution in [0.3, 0.4) is 0 Å². The summed E-state index contributed by atoms with van der Waals surface area (Å²) in [6.07, 6.45) is 1.64. The maximum Gasteiger partial charge on any atom is 0.259 e. The molecule has 0 saturated carbocycles. The summed E-state index contributed by atoms with van der Waals surface area (Å²) in [7, 11) is 0. The standard InChI is InChI=1S/C29H33N5O3/c1-29(2,3)20-10-11-24(37-18-15-34-13-16-36-17-14-34)22(19-20)27-31-23-8-6-7-21(26(23)33-27)28(35)32-25-9-4-5-12-30-25/h4-12,19H,13-18H2,1-3H3,(H,31,33)(H,30,32,35). The second-order valence-corrected chi connectivity index (χ2v) is 10.2. The van der Waals surface area contributed by atoms with Gasteiger partial charge in [-0.15, -0.1) is 0 Å². The predicted molar refractivity (Wildman–Crippen MR) is 145 cm³/mol. The van der Waals surface area contributed by atoms with Crippen LogP contribution in [0.2, 0.25) is 0 Å². The van der Waals surface area contributed by atoms with Gasteiger partial charge in [0.1, 0.15) is 29.5 Å². The first-order valence-electron chi connectivity index (χ1n) is 12.7. The van der Waals surface area contributed by atoms with Crippen LogP contribution >= 0.6 is 0 Å². The van der Waals surface area contributed by atoms with E-state index in [1.165, 1.54) is 5.56 Å². The van der Waals surface area contributed by atoms with Crippen LogP contribution in [-0.2, 0) is 10.2 Å². The first kappa shape index (κ1) is 24.9. The summed E-state index contributed by atoms with van der Waals surface area (Å²) >= 11 is 0. The van der Waals surface area contributed by atoms with E-state index in [1.54, 1.807) is 18.3 Å². The molecule has 8 heteroatoms. The molecule has 0 spiro atoms. The quantitative estimate of drug-likeness (QED) is 0.376. The Bertz CT molecular complexity index is 1370. The van der Waals surface area contributed by atoms with Gasteiger partial charge in [-0.3, -0.25) is 9.69 Å². The Labute approximate surface area is 217 Å². The third-order valence-corrected chi connectivity index (χ3v) is 6.53. The highest BCUT2D eigenvalue weighted by molar-refractivity contribution is 6.11. The Balaban J connectivity index is 1.46. The molecule has 1 fully saturated rings. The Morgan fingerprint density at radius 1 is 1.11 bits per heavy atom. The Morgan fingerprint density at radius 3 is 2.70 bits per heavy atom. The van der Waals surface area contributed by atoms with Gasteiger partial charge >= 0.3 is 0 Å². The van der Waals surface area contributed by atoms with E-state index in [0.717, 1.165) is 49.7 Å². The molecule has 2 aromatic heterocycles. The maximum atomic E-state index is 13.1. The fraction of sp³-hybridized carbons (Fsp3) is 0.345. The summed E-state index contributed by atoms with van der Waals surface area (Å²) in [6.45, 7) is 11.3. The minimum atomic E-state index is -0.257. The number of imidazole rings is 1. The number of carbonyl (C=O) groups excluding carboxylic acids is 1. The second-order valence-electron chi connectivity index (χ2n) is 10.2. The zero-order chi connectivity index (χ0) is 25.8. The molecule has 3 heterocycles. The lowest BCUT2D eigenvalue weighted by molar-refractivity contribution is 0.0323. The summed E-state index contributed by atoms with van der Waals surface area (Å²) in [6, 6.07) is 17.2. The van der Waals surface area contributed by atoms with Gasteiger partial charge in [-0.25, -0.2) is 9.97 Å². The summed E-state index contributed by atoms with van der Waals surface area (Å²) in [4.78, 5) is 27.9. The van der Waals surface area contributed by atoms with Gasteiger partial charge in [0.2, 0.25) is 0 Å². The highest BCUT2D eigenvalue weighted by Gasteiger charge is 2.21. The van der Waals surface area contributed by atoms with E-state index in [-0.39, 0.29) is 11.3 Å². The zero-order valence-electron chi connectivity index (χ0n) is 21.6. The summed E-state index contributed by atoms with van der Waals surface area (Å²) in [5.41, 5.74) is 3.88. The van der Waals surface area contributed by atoms with E-state index in [9.17, 15) is 4.79 Å². The lowest BCUT2D eigenvalue weighted by Crippen LogP contribution is -2.38. The van der Waals surface area contributed by atoms with E-state index >= 15 is 0 Å². The lowest BCUT2D eigenvalue weighted by Gasteiger charge is -2.26. The van der Waals surface area contributed by atoms with Gasteiger partial charge in [0, 0.05) is 25.8 Å². The van der Waals surface area contributed by atoms with Crippen LogP contribution in [0.15, 0.2) is 60.8 Å². The number of ether oxygens (including phenoxy) is 2. The van der Waals surface area contributed by atoms with Crippen molar-refractivity contribution in [2.75, 3.05) is 44.8 Å². The molecule has 1 saturated heterocycles. The molecular weight excluding hydrogens is 466 g/mol. The Morgan fingerprint density at radius 2 is 1.95 bits per heavy atom. The maximum absolute atomic E-state index is 13.1. The molecule has 4 aromatic rings. The first-order chi connectivity index (χ1) is 17.9. The molecule has 1 aliphatic heterocycles. The second kappa shape index (κ2) is 10.7. The summed E-state index contributed by atoms with van der Waals surface area (Å²) in [5.74, 6) is 1.67. The van der Waals surface area contributed by atoms with Crippen LogP contribution in [0, 0.1) is 0 Å². The average Bonchev–Trinajstić information content (AvgIpc) is 3.34. The number of aromatic amines is 1. The molecule has 0 atom stereocenters. The van der Waals surface area contributed by atoms with E-state index in [1.807, 2.05) is 30.3 Å². The zero-order valence-corrected chi connectivity index (χ0v) is 21.6. The number of aromatic nitrogens is 3. The number of fused-ring (bicyclic) bond motifs is 1. The number of carbonyl (C=O) groups is 1. The van der Waals surface area contributed by atoms with Crippen LogP contribution < -0.4 is 10.1 Å². The smallest absolute Gasteiger partial charge is 0.259 e. The largest absolute Gasteiger partial charge is 0.491 e. The van der Waals surface area contributed by atoms with Crippen LogP contribution in [0.5, 0.6) is 5.75 Å². The van der Waals surface area contributed by atoms with Crippen molar-refractivity contribution in [2.24, 2.45) is 0 Å². The summed E-state index contributed by atoms with van der Waals surface area (Å²) in [5, 5.41) is 2.86. The van der Waals surface area contributed by atoms with E-state index < -0.39 is 0 Å². The number of pyridine rings is 1. The average molecular weight is 500 g/mol. The molecule has 0 bridgehead atoms. The fourth-order valence-electron chi connectivity index (χ4n) is 4.38. The molecule has 2 N–H and O–H groups in total. The number of hydrogen-bond donors (Lipinski definition) is 2. The minimum absolute atomic E-state index is 0.0408. The number of para-hydroxylation sites is 1. The van der Waals surface area contributed by atoms with Crippen molar-refractivity contribution in [1.82, 2.24) is 19.9 Å². The molecule has 0 radical (unpaired) electrons. The van der Waals surface area contributed by atoms with Gasteiger partial charge in [0.15, 0.2) is 0 Å². The van der Waals surface area contributed by atoms with Crippen molar-refractivity contribution in [3.63, 3.8) is 0 Å². The molecule has 0 unspecified atom stereocenters. The van der Waals surface area contributed by atoms with Crippen molar-refractivity contribution in [3.8, 4) is 17.1 Å². The van der Waals surface area contributed by atoms with Crippen molar-refractivity contribution >= 4 is 22.8 Å². The number of nitrogens with zero attached hydrogens (tertiary/aromatic N) is 3. The van der Waals surface area contributed by atoms with Gasteiger partial charge in [0.25, 0.3) is 5.91 Å². The number of nitrogens with one attached hydrogen (secondary N) is 2. The van der Waals surface area contributed by atoms with Crippen LogP contribution in [-0.4, -0.2) is 65.2 Å². The first-order valence-corrected chi connectivity index (χ1v) is 12.7. The summed E-state index contributed by atoms with van der Waals surface area (Å²) < 4.78 is 11.7.